The minimum absolute atomic E-state index is 0.222. The molecule has 0 bridgehead atoms. The fourth-order valence-corrected chi connectivity index (χ4v) is 3.07. The van der Waals surface area contributed by atoms with Gasteiger partial charge in [0, 0.05) is 13.1 Å². The van der Waals surface area contributed by atoms with Crippen molar-refractivity contribution >= 4 is 5.91 Å². The van der Waals surface area contributed by atoms with Crippen molar-refractivity contribution in [3.8, 4) is 0 Å². The van der Waals surface area contributed by atoms with E-state index >= 15 is 0 Å². The normalized spacial score (nSPS) is 18.2. The highest BCUT2D eigenvalue weighted by Crippen LogP contribution is 2.25. The van der Waals surface area contributed by atoms with Crippen LogP contribution in [0.15, 0.2) is 48.5 Å². The molecule has 1 aliphatic heterocycles. The van der Waals surface area contributed by atoms with Crippen molar-refractivity contribution in [2.24, 2.45) is 5.73 Å². The second-order valence-electron chi connectivity index (χ2n) is 5.79. The second kappa shape index (κ2) is 5.70. The molecule has 0 saturated carbocycles. The Hall–Kier alpha value is -2.13. The lowest BCUT2D eigenvalue weighted by Gasteiger charge is -2.35. The van der Waals surface area contributed by atoms with Gasteiger partial charge in [-0.05, 0) is 30.0 Å². The summed E-state index contributed by atoms with van der Waals surface area (Å²) in [5.74, 6) is -0.239. The number of aryl methyl sites for hydroxylation is 1. The largest absolute Gasteiger partial charge is 0.368 e. The number of carbonyl (C=O) groups excluding carboxylic acids is 1. The predicted octanol–water partition coefficient (Wildman–Crippen LogP) is 2.41. The third-order valence-electron chi connectivity index (χ3n) is 4.14. The third kappa shape index (κ3) is 2.98. The number of amides is 1. The van der Waals surface area contributed by atoms with Crippen molar-refractivity contribution in [2.45, 2.75) is 32.5 Å². The molecule has 0 fully saturated rings. The summed E-state index contributed by atoms with van der Waals surface area (Å²) in [5, 5.41) is 0. The predicted molar refractivity (Wildman–Crippen MR) is 83.6 cm³/mol. The van der Waals surface area contributed by atoms with Gasteiger partial charge in [-0.3, -0.25) is 9.69 Å². The average Bonchev–Trinajstić information content (AvgIpc) is 2.46. The van der Waals surface area contributed by atoms with E-state index in [0.29, 0.717) is 6.42 Å². The molecule has 1 amide bonds. The van der Waals surface area contributed by atoms with E-state index in [-0.39, 0.29) is 11.9 Å². The molecule has 0 aromatic heterocycles. The van der Waals surface area contributed by atoms with Gasteiger partial charge < -0.3 is 5.73 Å². The maximum atomic E-state index is 11.8. The molecule has 3 nitrogen and oxygen atoms in total. The van der Waals surface area contributed by atoms with E-state index in [1.165, 1.54) is 22.3 Å². The lowest BCUT2D eigenvalue weighted by molar-refractivity contribution is -0.124. The maximum absolute atomic E-state index is 11.8. The first-order valence-corrected chi connectivity index (χ1v) is 7.29. The molecule has 0 unspecified atom stereocenters. The summed E-state index contributed by atoms with van der Waals surface area (Å²) in [6.45, 7) is 3.61. The molecule has 0 aliphatic carbocycles. The second-order valence-corrected chi connectivity index (χ2v) is 5.79. The molecule has 1 aliphatic rings. The molecule has 21 heavy (non-hydrogen) atoms. The van der Waals surface area contributed by atoms with Crippen LogP contribution in [0.5, 0.6) is 0 Å². The van der Waals surface area contributed by atoms with Gasteiger partial charge in [0.25, 0.3) is 0 Å². The Labute approximate surface area is 125 Å². The van der Waals surface area contributed by atoms with Crippen LogP contribution in [0.4, 0.5) is 0 Å². The Morgan fingerprint density at radius 3 is 2.67 bits per heavy atom. The van der Waals surface area contributed by atoms with Crippen molar-refractivity contribution in [1.29, 1.82) is 0 Å². The molecule has 0 saturated heterocycles. The van der Waals surface area contributed by atoms with E-state index in [9.17, 15) is 4.79 Å². The smallest absolute Gasteiger partial charge is 0.235 e. The van der Waals surface area contributed by atoms with Crippen molar-refractivity contribution in [2.75, 3.05) is 0 Å². The van der Waals surface area contributed by atoms with Crippen LogP contribution in [0.2, 0.25) is 0 Å². The van der Waals surface area contributed by atoms with Crippen LogP contribution < -0.4 is 5.73 Å². The standard InChI is InChI=1S/C18H20N2O/c1-13-5-4-6-14(9-13)11-20-12-16-8-3-2-7-15(16)10-17(20)18(19)21/h2-9,17H,10-12H2,1H3,(H2,19,21)/t17-/m0/s1. The highest BCUT2D eigenvalue weighted by atomic mass is 16.1. The topological polar surface area (TPSA) is 46.3 Å². The number of rotatable bonds is 3. The fraction of sp³-hybridized carbons (Fsp3) is 0.278. The van der Waals surface area contributed by atoms with Gasteiger partial charge in [-0.25, -0.2) is 0 Å². The van der Waals surface area contributed by atoms with Gasteiger partial charge in [-0.2, -0.15) is 0 Å². The lowest BCUT2D eigenvalue weighted by Crippen LogP contribution is -2.48. The zero-order valence-corrected chi connectivity index (χ0v) is 12.3. The molecular formula is C18H20N2O. The molecule has 1 heterocycles. The summed E-state index contributed by atoms with van der Waals surface area (Å²) in [6, 6.07) is 16.5. The molecule has 0 radical (unpaired) electrons. The number of nitrogens with two attached hydrogens (primary N) is 1. The highest BCUT2D eigenvalue weighted by molar-refractivity contribution is 5.80. The Kier molecular flexibility index (Phi) is 3.76. The summed E-state index contributed by atoms with van der Waals surface area (Å²) in [4.78, 5) is 14.0. The van der Waals surface area contributed by atoms with Crippen LogP contribution >= 0.6 is 0 Å². The number of hydrogen-bond donors (Lipinski definition) is 1. The van der Waals surface area contributed by atoms with Crippen molar-refractivity contribution < 1.29 is 4.79 Å². The number of primary amides is 1. The first-order valence-electron chi connectivity index (χ1n) is 7.29. The van der Waals surface area contributed by atoms with Gasteiger partial charge in [-0.15, -0.1) is 0 Å². The minimum Gasteiger partial charge on any atom is -0.368 e. The summed E-state index contributed by atoms with van der Waals surface area (Å²) in [5.41, 5.74) is 10.6. The third-order valence-corrected chi connectivity index (χ3v) is 4.14. The van der Waals surface area contributed by atoms with Crippen LogP contribution in [0.25, 0.3) is 0 Å². The van der Waals surface area contributed by atoms with Gasteiger partial charge in [-0.1, -0.05) is 54.1 Å². The van der Waals surface area contributed by atoms with E-state index in [1.807, 2.05) is 12.1 Å². The Bertz CT molecular complexity index is 666. The molecule has 1 atom stereocenters. The minimum atomic E-state index is -0.239. The van der Waals surface area contributed by atoms with Crippen LogP contribution in [0, 0.1) is 6.92 Å². The summed E-state index contributed by atoms with van der Waals surface area (Å²) in [6.07, 6.45) is 0.706. The summed E-state index contributed by atoms with van der Waals surface area (Å²) in [7, 11) is 0. The number of hydrogen-bond acceptors (Lipinski definition) is 2. The number of carbonyl (C=O) groups is 1. The molecular weight excluding hydrogens is 260 g/mol. The van der Waals surface area contributed by atoms with Crippen molar-refractivity contribution in [3.05, 3.63) is 70.8 Å². The van der Waals surface area contributed by atoms with Crippen molar-refractivity contribution in [1.82, 2.24) is 4.90 Å². The molecule has 2 aromatic carbocycles. The monoisotopic (exact) mass is 280 g/mol. The van der Waals surface area contributed by atoms with E-state index in [2.05, 4.69) is 48.2 Å². The molecule has 3 rings (SSSR count). The average molecular weight is 280 g/mol. The van der Waals surface area contributed by atoms with Gasteiger partial charge in [0.1, 0.15) is 0 Å². The van der Waals surface area contributed by atoms with Gasteiger partial charge in [0.15, 0.2) is 0 Å². The fourth-order valence-electron chi connectivity index (χ4n) is 3.07. The maximum Gasteiger partial charge on any atom is 0.235 e. The SMILES string of the molecule is Cc1cccc(CN2Cc3ccccc3C[C@H]2C(N)=O)c1. The number of benzene rings is 2. The van der Waals surface area contributed by atoms with Crippen LogP contribution in [-0.2, 0) is 24.3 Å². The van der Waals surface area contributed by atoms with Crippen LogP contribution in [-0.4, -0.2) is 16.8 Å². The highest BCUT2D eigenvalue weighted by Gasteiger charge is 2.29. The first kappa shape index (κ1) is 13.8. The van der Waals surface area contributed by atoms with Crippen LogP contribution in [0.3, 0.4) is 0 Å². The van der Waals surface area contributed by atoms with Gasteiger partial charge in [0.2, 0.25) is 5.91 Å². The van der Waals surface area contributed by atoms with Crippen LogP contribution in [0.1, 0.15) is 22.3 Å². The Balaban J connectivity index is 1.87. The first-order chi connectivity index (χ1) is 10.1. The van der Waals surface area contributed by atoms with Gasteiger partial charge in [0.05, 0.1) is 6.04 Å². The summed E-state index contributed by atoms with van der Waals surface area (Å²) >= 11 is 0. The Morgan fingerprint density at radius 2 is 1.95 bits per heavy atom. The van der Waals surface area contributed by atoms with E-state index in [1.54, 1.807) is 0 Å². The quantitative estimate of drug-likeness (QED) is 0.938. The van der Waals surface area contributed by atoms with Crippen molar-refractivity contribution in [3.63, 3.8) is 0 Å². The van der Waals surface area contributed by atoms with Gasteiger partial charge >= 0.3 is 0 Å². The number of fused-ring (bicyclic) bond motifs is 1. The molecule has 0 spiro atoms. The van der Waals surface area contributed by atoms with E-state index in [4.69, 9.17) is 5.73 Å². The molecule has 108 valence electrons. The van der Waals surface area contributed by atoms with E-state index < -0.39 is 0 Å². The zero-order valence-electron chi connectivity index (χ0n) is 12.3. The summed E-state index contributed by atoms with van der Waals surface area (Å²) < 4.78 is 0. The molecule has 3 heteroatoms. The van der Waals surface area contributed by atoms with E-state index in [0.717, 1.165) is 13.1 Å². The lowest BCUT2D eigenvalue weighted by atomic mass is 9.93. The molecule has 2 N–H and O–H groups in total. The zero-order chi connectivity index (χ0) is 14.8. The number of nitrogens with zero attached hydrogens (tertiary/aromatic N) is 1. The Morgan fingerprint density at radius 1 is 1.19 bits per heavy atom. The molecule has 2 aromatic rings.